The zero-order chi connectivity index (χ0) is 29.7. The molecule has 4 aliphatic rings. The Morgan fingerprint density at radius 2 is 1.75 bits per heavy atom. The Balaban J connectivity index is 1.71. The van der Waals surface area contributed by atoms with Crippen LogP contribution < -0.4 is 0 Å². The molecule has 0 heterocycles. The minimum atomic E-state index is -2.03. The van der Waals surface area contributed by atoms with Crippen LogP contribution in [0.25, 0.3) is 0 Å². The number of methoxy groups -OCH3 is 1. The van der Waals surface area contributed by atoms with E-state index >= 15 is 4.39 Å². The van der Waals surface area contributed by atoms with Gasteiger partial charge in [-0.25, -0.2) is 4.79 Å². The van der Waals surface area contributed by atoms with Crippen molar-refractivity contribution in [2.24, 2.45) is 34.5 Å². The number of rotatable bonds is 8. The Morgan fingerprint density at radius 3 is 2.35 bits per heavy atom. The second-order valence-corrected chi connectivity index (χ2v) is 20.1. The summed E-state index contributed by atoms with van der Waals surface area (Å²) in [6.45, 7) is 20.5. The number of hydrogen-bond acceptors (Lipinski definition) is 4. The summed E-state index contributed by atoms with van der Waals surface area (Å²) < 4.78 is 34.0. The van der Waals surface area contributed by atoms with E-state index in [1.165, 1.54) is 24.8 Å². The lowest BCUT2D eigenvalue weighted by molar-refractivity contribution is -0.199. The van der Waals surface area contributed by atoms with Gasteiger partial charge in [-0.1, -0.05) is 66.0 Å². The van der Waals surface area contributed by atoms with E-state index < -0.39 is 25.9 Å². The Bertz CT molecular complexity index is 1030. The van der Waals surface area contributed by atoms with Crippen molar-refractivity contribution in [1.82, 2.24) is 0 Å². The van der Waals surface area contributed by atoms with Gasteiger partial charge in [0, 0.05) is 20.0 Å². The molecule has 0 bridgehead atoms. The molecule has 0 aromatic carbocycles. The molecular weight excluding hydrogens is 519 g/mol. The number of halogens is 1. The van der Waals surface area contributed by atoms with Gasteiger partial charge in [-0.05, 0) is 104 Å². The number of esters is 1. The highest BCUT2D eigenvalue weighted by molar-refractivity contribution is 6.74. The van der Waals surface area contributed by atoms with E-state index in [0.29, 0.717) is 30.1 Å². The number of allylic oxidation sites excluding steroid dienone is 2. The highest BCUT2D eigenvalue weighted by Crippen LogP contribution is 2.69. The van der Waals surface area contributed by atoms with Crippen molar-refractivity contribution in [2.45, 2.75) is 137 Å². The van der Waals surface area contributed by atoms with Crippen LogP contribution in [-0.2, 0) is 18.7 Å². The molecule has 0 saturated heterocycles. The molecule has 0 N–H and O–H groups in total. The van der Waals surface area contributed by atoms with E-state index in [4.69, 9.17) is 13.9 Å². The molecular formula is C34H57FO4Si. The molecule has 3 fully saturated rings. The summed E-state index contributed by atoms with van der Waals surface area (Å²) in [6.07, 6.45) is 12.7. The van der Waals surface area contributed by atoms with E-state index in [9.17, 15) is 4.79 Å². The average molecular weight is 577 g/mol. The van der Waals surface area contributed by atoms with Crippen LogP contribution in [0, 0.1) is 34.5 Å². The molecule has 3 saturated carbocycles. The van der Waals surface area contributed by atoms with Gasteiger partial charge < -0.3 is 13.9 Å². The highest BCUT2D eigenvalue weighted by atomic mass is 28.4. The maximum absolute atomic E-state index is 15.5. The second-order valence-electron chi connectivity index (χ2n) is 15.4. The second kappa shape index (κ2) is 11.3. The summed E-state index contributed by atoms with van der Waals surface area (Å²) >= 11 is 0. The van der Waals surface area contributed by atoms with Crippen molar-refractivity contribution in [1.29, 1.82) is 0 Å². The maximum atomic E-state index is 15.5. The molecule has 40 heavy (non-hydrogen) atoms. The summed E-state index contributed by atoms with van der Waals surface area (Å²) in [5.74, 6) is 0.0265. The first-order chi connectivity index (χ1) is 18.6. The minimum absolute atomic E-state index is 0.111. The lowest BCUT2D eigenvalue weighted by atomic mass is 9.45. The molecule has 0 aliphatic heterocycles. The first-order valence-corrected chi connectivity index (χ1v) is 19.0. The van der Waals surface area contributed by atoms with Crippen LogP contribution in [0.15, 0.2) is 23.0 Å². The monoisotopic (exact) mass is 576 g/mol. The minimum Gasteiger partial charge on any atom is -0.461 e. The molecule has 4 nitrogen and oxygen atoms in total. The van der Waals surface area contributed by atoms with Crippen LogP contribution in [0.5, 0.6) is 0 Å². The number of carbonyl (C=O) groups excluding carboxylic acids is 1. The smallest absolute Gasteiger partial charge is 0.367 e. The topological polar surface area (TPSA) is 44.8 Å². The average Bonchev–Trinajstić information content (AvgIpc) is 3.23. The standard InChI is InChI=1S/C34H57FO4Si/c1-11-13-14-23-21-24-22-34(37-8,39-40(9,10)31(3,4)5)20-19-32(24,6)26-17-18-33(7)25(28(23)26)15-16-27(33)29(35)30(36)38-12-2/h21,23,25-26,28H,11-20,22H2,1-10H3/t23-,25+,26+,28+,32+,33+,34?/m1/s1. The van der Waals surface area contributed by atoms with E-state index in [2.05, 4.69) is 60.7 Å². The van der Waals surface area contributed by atoms with Crippen molar-refractivity contribution in [3.63, 3.8) is 0 Å². The largest absolute Gasteiger partial charge is 0.461 e. The SMILES string of the molecule is CCCC[C@@H]1C=C2CC(OC)(O[Si](C)(C)C(C)(C)C)CC[C@]2(C)[C@H]2CC[C@]3(C)C(=C(F)C(=O)OCC)CC[C@H]3[C@H]12. The Hall–Kier alpha value is -0.983. The van der Waals surface area contributed by atoms with Crippen molar-refractivity contribution < 1.29 is 23.1 Å². The van der Waals surface area contributed by atoms with Gasteiger partial charge in [0.15, 0.2) is 14.1 Å². The lowest BCUT2D eigenvalue weighted by Gasteiger charge is -2.61. The normalized spacial score (nSPS) is 39.1. The molecule has 0 radical (unpaired) electrons. The molecule has 4 rings (SSSR count). The summed E-state index contributed by atoms with van der Waals surface area (Å²) in [6, 6.07) is 0. The zero-order valence-corrected chi connectivity index (χ0v) is 28.2. The van der Waals surface area contributed by atoms with Gasteiger partial charge in [-0.3, -0.25) is 0 Å². The molecule has 6 heteroatoms. The fourth-order valence-corrected chi connectivity index (χ4v) is 10.4. The third-order valence-corrected chi connectivity index (χ3v) is 16.8. The summed E-state index contributed by atoms with van der Waals surface area (Å²) in [5.41, 5.74) is 2.12. The van der Waals surface area contributed by atoms with Gasteiger partial charge >= 0.3 is 5.97 Å². The molecule has 7 atom stereocenters. The van der Waals surface area contributed by atoms with Crippen molar-refractivity contribution in [3.05, 3.63) is 23.0 Å². The third kappa shape index (κ3) is 5.32. The Morgan fingerprint density at radius 1 is 1.07 bits per heavy atom. The van der Waals surface area contributed by atoms with Crippen molar-refractivity contribution in [3.8, 4) is 0 Å². The van der Waals surface area contributed by atoms with Crippen LogP contribution in [0.2, 0.25) is 18.1 Å². The van der Waals surface area contributed by atoms with Crippen LogP contribution in [0.4, 0.5) is 4.39 Å². The Labute approximate surface area is 245 Å². The summed E-state index contributed by atoms with van der Waals surface area (Å²) in [5, 5.41) is 0.120. The number of ether oxygens (including phenoxy) is 2. The van der Waals surface area contributed by atoms with Crippen molar-refractivity contribution in [2.75, 3.05) is 13.7 Å². The van der Waals surface area contributed by atoms with Gasteiger partial charge in [0.2, 0.25) is 5.83 Å². The molecule has 0 aromatic heterocycles. The van der Waals surface area contributed by atoms with E-state index in [1.807, 2.05) is 7.11 Å². The van der Waals surface area contributed by atoms with Crippen LogP contribution in [0.3, 0.4) is 0 Å². The van der Waals surface area contributed by atoms with Gasteiger partial charge in [-0.2, -0.15) is 4.39 Å². The molecule has 1 unspecified atom stereocenters. The van der Waals surface area contributed by atoms with Gasteiger partial charge in [0.1, 0.15) is 0 Å². The first kappa shape index (κ1) is 31.9. The predicted octanol–water partition coefficient (Wildman–Crippen LogP) is 9.52. The lowest BCUT2D eigenvalue weighted by Crippen LogP contribution is -2.57. The molecule has 4 aliphatic carbocycles. The first-order valence-electron chi connectivity index (χ1n) is 16.1. The van der Waals surface area contributed by atoms with Crippen LogP contribution in [-0.4, -0.2) is 33.8 Å². The molecule has 0 spiro atoms. The number of carbonyl (C=O) groups is 1. The molecule has 228 valence electrons. The van der Waals surface area contributed by atoms with Gasteiger partial charge in [0.05, 0.1) is 6.61 Å². The number of hydrogen-bond donors (Lipinski definition) is 0. The van der Waals surface area contributed by atoms with E-state index in [-0.39, 0.29) is 22.5 Å². The van der Waals surface area contributed by atoms with Gasteiger partial charge in [0.25, 0.3) is 0 Å². The van der Waals surface area contributed by atoms with E-state index in [1.54, 1.807) is 6.92 Å². The summed E-state index contributed by atoms with van der Waals surface area (Å²) in [4.78, 5) is 12.4. The summed E-state index contributed by atoms with van der Waals surface area (Å²) in [7, 11) is -0.191. The predicted molar refractivity (Wildman–Crippen MR) is 163 cm³/mol. The Kier molecular flexibility index (Phi) is 8.99. The van der Waals surface area contributed by atoms with Crippen LogP contribution in [0.1, 0.15) is 113 Å². The fraction of sp³-hybridized carbons (Fsp3) is 0.853. The number of unbranched alkanes of at least 4 members (excludes halogenated alkanes) is 1. The fourth-order valence-electron chi connectivity index (χ4n) is 8.90. The third-order valence-electron chi connectivity index (χ3n) is 12.3. The zero-order valence-electron chi connectivity index (χ0n) is 27.2. The number of fused-ring (bicyclic) bond motifs is 5. The van der Waals surface area contributed by atoms with Crippen LogP contribution >= 0.6 is 0 Å². The molecule has 0 amide bonds. The quantitative estimate of drug-likeness (QED) is 0.0949. The highest BCUT2D eigenvalue weighted by Gasteiger charge is 2.62. The maximum Gasteiger partial charge on any atom is 0.367 e. The molecule has 0 aromatic rings. The van der Waals surface area contributed by atoms with E-state index in [0.717, 1.165) is 44.1 Å². The van der Waals surface area contributed by atoms with Gasteiger partial charge in [-0.15, -0.1) is 0 Å². The van der Waals surface area contributed by atoms with Crippen molar-refractivity contribution >= 4 is 14.3 Å².